The fourth-order valence-corrected chi connectivity index (χ4v) is 3.20. The normalized spacial score (nSPS) is 13.8. The SMILES string of the molecule is Cc1ccc(CC(=O)N2CCN(C(=O)c3cccc(OCC(=O)O)c3)CC2)cc1. The van der Waals surface area contributed by atoms with Crippen LogP contribution < -0.4 is 4.74 Å². The lowest BCUT2D eigenvalue weighted by molar-refractivity contribution is -0.139. The molecule has 0 aliphatic carbocycles. The van der Waals surface area contributed by atoms with Crippen LogP contribution in [-0.2, 0) is 16.0 Å². The summed E-state index contributed by atoms with van der Waals surface area (Å²) in [4.78, 5) is 39.4. The lowest BCUT2D eigenvalue weighted by atomic mass is 10.1. The summed E-state index contributed by atoms with van der Waals surface area (Å²) in [5.74, 6) is -0.834. The molecule has 1 aliphatic rings. The summed E-state index contributed by atoms with van der Waals surface area (Å²) in [6, 6.07) is 14.4. The number of aliphatic carboxylic acids is 1. The zero-order valence-electron chi connectivity index (χ0n) is 16.3. The number of rotatable bonds is 6. The number of carbonyl (C=O) groups excluding carboxylic acids is 2. The minimum absolute atomic E-state index is 0.0602. The lowest BCUT2D eigenvalue weighted by Crippen LogP contribution is -2.51. The summed E-state index contributed by atoms with van der Waals surface area (Å²) in [5.41, 5.74) is 2.58. The number of carboxylic acid groups (broad SMARTS) is 1. The first-order valence-corrected chi connectivity index (χ1v) is 9.49. The second kappa shape index (κ2) is 9.23. The Kier molecular flexibility index (Phi) is 6.49. The van der Waals surface area contributed by atoms with Crippen LogP contribution in [0.2, 0.25) is 0 Å². The molecule has 152 valence electrons. The van der Waals surface area contributed by atoms with Gasteiger partial charge in [0.2, 0.25) is 5.91 Å². The predicted molar refractivity (Wildman–Crippen MR) is 107 cm³/mol. The number of hydrogen-bond acceptors (Lipinski definition) is 4. The Morgan fingerprint density at radius 3 is 2.28 bits per heavy atom. The van der Waals surface area contributed by atoms with Crippen LogP contribution in [0.3, 0.4) is 0 Å². The van der Waals surface area contributed by atoms with Crippen LogP contribution in [0.5, 0.6) is 5.75 Å². The molecule has 0 aromatic heterocycles. The Labute approximate surface area is 169 Å². The summed E-state index contributed by atoms with van der Waals surface area (Å²) in [5, 5.41) is 8.70. The number of aryl methyl sites for hydroxylation is 1. The first kappa shape index (κ1) is 20.4. The molecular formula is C22H24N2O5. The maximum absolute atomic E-state index is 12.7. The van der Waals surface area contributed by atoms with Crippen molar-refractivity contribution in [1.29, 1.82) is 0 Å². The van der Waals surface area contributed by atoms with E-state index in [1.165, 1.54) is 0 Å². The fraction of sp³-hybridized carbons (Fsp3) is 0.318. The Balaban J connectivity index is 1.54. The van der Waals surface area contributed by atoms with E-state index in [-0.39, 0.29) is 11.8 Å². The van der Waals surface area contributed by atoms with Crippen molar-refractivity contribution in [2.45, 2.75) is 13.3 Å². The van der Waals surface area contributed by atoms with Crippen molar-refractivity contribution in [3.63, 3.8) is 0 Å². The third-order valence-corrected chi connectivity index (χ3v) is 4.84. The predicted octanol–water partition coefficient (Wildman–Crippen LogP) is 1.99. The van der Waals surface area contributed by atoms with Gasteiger partial charge in [-0.2, -0.15) is 0 Å². The molecule has 0 unspecified atom stereocenters. The third kappa shape index (κ3) is 5.57. The summed E-state index contributed by atoms with van der Waals surface area (Å²) < 4.78 is 5.13. The number of piperazine rings is 1. The minimum Gasteiger partial charge on any atom is -0.482 e. The molecule has 1 saturated heterocycles. The first-order valence-electron chi connectivity index (χ1n) is 9.49. The van der Waals surface area contributed by atoms with Crippen LogP contribution in [0.15, 0.2) is 48.5 Å². The van der Waals surface area contributed by atoms with Gasteiger partial charge in [-0.25, -0.2) is 4.79 Å². The van der Waals surface area contributed by atoms with Crippen molar-refractivity contribution in [2.75, 3.05) is 32.8 Å². The molecule has 2 aromatic rings. The summed E-state index contributed by atoms with van der Waals surface area (Å²) in [6.45, 7) is 3.45. The van der Waals surface area contributed by atoms with Crippen molar-refractivity contribution in [2.24, 2.45) is 0 Å². The van der Waals surface area contributed by atoms with Crippen LogP contribution in [0, 0.1) is 6.92 Å². The van der Waals surface area contributed by atoms with Crippen LogP contribution in [0.1, 0.15) is 21.5 Å². The molecule has 0 bridgehead atoms. The highest BCUT2D eigenvalue weighted by Gasteiger charge is 2.25. The van der Waals surface area contributed by atoms with E-state index in [1.54, 1.807) is 34.1 Å². The molecule has 0 atom stereocenters. The summed E-state index contributed by atoms with van der Waals surface area (Å²) >= 11 is 0. The van der Waals surface area contributed by atoms with Gasteiger partial charge in [-0.05, 0) is 30.7 Å². The maximum atomic E-state index is 12.7. The van der Waals surface area contributed by atoms with E-state index >= 15 is 0 Å². The molecule has 2 amide bonds. The van der Waals surface area contributed by atoms with Crippen LogP contribution in [-0.4, -0.2) is 65.5 Å². The van der Waals surface area contributed by atoms with Gasteiger partial charge in [0, 0.05) is 31.7 Å². The molecule has 0 radical (unpaired) electrons. The molecule has 0 saturated carbocycles. The van der Waals surface area contributed by atoms with Crippen LogP contribution in [0.25, 0.3) is 0 Å². The molecular weight excluding hydrogens is 372 g/mol. The molecule has 0 spiro atoms. The topological polar surface area (TPSA) is 87.2 Å². The van der Waals surface area contributed by atoms with Gasteiger partial charge in [0.1, 0.15) is 5.75 Å². The van der Waals surface area contributed by atoms with Gasteiger partial charge in [-0.15, -0.1) is 0 Å². The molecule has 1 N–H and O–H groups in total. The Hall–Kier alpha value is -3.35. The molecule has 3 rings (SSSR count). The van der Waals surface area contributed by atoms with E-state index < -0.39 is 12.6 Å². The van der Waals surface area contributed by atoms with E-state index in [1.807, 2.05) is 31.2 Å². The molecule has 7 nitrogen and oxygen atoms in total. The second-order valence-corrected chi connectivity index (χ2v) is 7.05. The van der Waals surface area contributed by atoms with Crippen molar-refractivity contribution in [3.8, 4) is 5.75 Å². The Morgan fingerprint density at radius 2 is 1.62 bits per heavy atom. The van der Waals surface area contributed by atoms with Gasteiger partial charge in [-0.3, -0.25) is 9.59 Å². The van der Waals surface area contributed by atoms with Gasteiger partial charge in [0.15, 0.2) is 6.61 Å². The van der Waals surface area contributed by atoms with Crippen LogP contribution >= 0.6 is 0 Å². The highest BCUT2D eigenvalue weighted by atomic mass is 16.5. The number of hydrogen-bond donors (Lipinski definition) is 1. The number of amides is 2. The van der Waals surface area contributed by atoms with E-state index in [0.29, 0.717) is 43.9 Å². The Morgan fingerprint density at radius 1 is 0.966 bits per heavy atom. The van der Waals surface area contributed by atoms with Gasteiger partial charge in [0.05, 0.1) is 6.42 Å². The quantitative estimate of drug-likeness (QED) is 0.807. The molecule has 2 aromatic carbocycles. The van der Waals surface area contributed by atoms with Gasteiger partial charge < -0.3 is 19.6 Å². The number of carboxylic acids is 1. The monoisotopic (exact) mass is 396 g/mol. The highest BCUT2D eigenvalue weighted by Crippen LogP contribution is 2.16. The average molecular weight is 396 g/mol. The van der Waals surface area contributed by atoms with Crippen molar-refractivity contribution >= 4 is 17.8 Å². The lowest BCUT2D eigenvalue weighted by Gasteiger charge is -2.35. The van der Waals surface area contributed by atoms with E-state index in [0.717, 1.165) is 11.1 Å². The van der Waals surface area contributed by atoms with E-state index in [4.69, 9.17) is 9.84 Å². The number of carbonyl (C=O) groups is 3. The number of ether oxygens (including phenoxy) is 1. The molecule has 29 heavy (non-hydrogen) atoms. The summed E-state index contributed by atoms with van der Waals surface area (Å²) in [6.07, 6.45) is 0.358. The van der Waals surface area contributed by atoms with Gasteiger partial charge in [-0.1, -0.05) is 35.9 Å². The smallest absolute Gasteiger partial charge is 0.341 e. The fourth-order valence-electron chi connectivity index (χ4n) is 3.20. The first-order chi connectivity index (χ1) is 13.9. The van der Waals surface area contributed by atoms with E-state index in [9.17, 15) is 14.4 Å². The Bertz CT molecular complexity index is 886. The average Bonchev–Trinajstić information content (AvgIpc) is 2.73. The number of benzene rings is 2. The molecule has 7 heteroatoms. The van der Waals surface area contributed by atoms with Gasteiger partial charge in [0.25, 0.3) is 5.91 Å². The van der Waals surface area contributed by atoms with E-state index in [2.05, 4.69) is 0 Å². The molecule has 1 aliphatic heterocycles. The van der Waals surface area contributed by atoms with Crippen molar-refractivity contribution in [3.05, 3.63) is 65.2 Å². The molecule has 1 fully saturated rings. The van der Waals surface area contributed by atoms with Crippen LogP contribution in [0.4, 0.5) is 0 Å². The van der Waals surface area contributed by atoms with Crippen molar-refractivity contribution in [1.82, 2.24) is 9.80 Å². The number of nitrogens with zero attached hydrogens (tertiary/aromatic N) is 2. The standard InChI is InChI=1S/C22H24N2O5/c1-16-5-7-17(8-6-16)13-20(25)23-9-11-24(12-10-23)22(28)18-3-2-4-19(14-18)29-15-21(26)27/h2-8,14H,9-13,15H2,1H3,(H,26,27). The highest BCUT2D eigenvalue weighted by molar-refractivity contribution is 5.94. The largest absolute Gasteiger partial charge is 0.482 e. The third-order valence-electron chi connectivity index (χ3n) is 4.84. The van der Waals surface area contributed by atoms with Crippen molar-refractivity contribution < 1.29 is 24.2 Å². The zero-order chi connectivity index (χ0) is 20.8. The maximum Gasteiger partial charge on any atom is 0.341 e. The minimum atomic E-state index is -1.08. The zero-order valence-corrected chi connectivity index (χ0v) is 16.3. The second-order valence-electron chi connectivity index (χ2n) is 7.05. The molecule has 1 heterocycles. The van der Waals surface area contributed by atoms with Gasteiger partial charge >= 0.3 is 5.97 Å². The summed E-state index contributed by atoms with van der Waals surface area (Å²) in [7, 11) is 0.